The average Bonchev–Trinajstić information content (AvgIpc) is 3.22. The first-order valence-corrected chi connectivity index (χ1v) is 10.4. The number of ether oxygens (including phenoxy) is 1. The number of nitro benzene ring substituents is 1. The maximum absolute atomic E-state index is 13.0. The maximum atomic E-state index is 13.0. The molecule has 174 valence electrons. The molecule has 0 unspecified atom stereocenters. The molecular weight excluding hydrogens is 470 g/mol. The number of sulfonamides is 1. The summed E-state index contributed by atoms with van der Waals surface area (Å²) in [5, 5.41) is 11.4. The van der Waals surface area contributed by atoms with E-state index in [4.69, 9.17) is 4.74 Å². The van der Waals surface area contributed by atoms with E-state index in [1.807, 2.05) is 0 Å². The predicted molar refractivity (Wildman–Crippen MR) is 97.6 cm³/mol. The molecule has 3 rings (SSSR count). The van der Waals surface area contributed by atoms with Crippen LogP contribution < -0.4 is 4.74 Å². The van der Waals surface area contributed by atoms with Crippen LogP contribution in [0.5, 0.6) is 11.5 Å². The van der Waals surface area contributed by atoms with Crippen molar-refractivity contribution in [2.45, 2.75) is 30.1 Å². The van der Waals surface area contributed by atoms with Crippen molar-refractivity contribution in [3.8, 4) is 11.5 Å². The van der Waals surface area contributed by atoms with Gasteiger partial charge >= 0.3 is 18.0 Å². The number of nitrogens with zero attached hydrogens (tertiary/aromatic N) is 2. The number of halogens is 6. The number of nitro groups is 1. The zero-order valence-electron chi connectivity index (χ0n) is 15.9. The molecule has 0 atom stereocenters. The average molecular weight is 484 g/mol. The molecule has 0 aliphatic carbocycles. The van der Waals surface area contributed by atoms with Gasteiger partial charge in [0, 0.05) is 19.2 Å². The fraction of sp³-hybridized carbons (Fsp3) is 0.333. The Morgan fingerprint density at radius 2 is 1.44 bits per heavy atom. The lowest BCUT2D eigenvalue weighted by Gasteiger charge is -2.16. The van der Waals surface area contributed by atoms with Gasteiger partial charge < -0.3 is 4.74 Å². The summed E-state index contributed by atoms with van der Waals surface area (Å²) in [6, 6.07) is 2.80. The highest BCUT2D eigenvalue weighted by Gasteiger charge is 2.37. The third-order valence-electron chi connectivity index (χ3n) is 4.62. The normalized spacial score (nSPS) is 15.7. The van der Waals surface area contributed by atoms with Gasteiger partial charge in [-0.3, -0.25) is 10.1 Å². The van der Waals surface area contributed by atoms with E-state index in [9.17, 15) is 44.9 Å². The molecule has 0 bridgehead atoms. The summed E-state index contributed by atoms with van der Waals surface area (Å²) in [7, 11) is -4.06. The summed E-state index contributed by atoms with van der Waals surface area (Å²) in [5.41, 5.74) is -4.27. The van der Waals surface area contributed by atoms with Crippen molar-refractivity contribution in [1.29, 1.82) is 0 Å². The van der Waals surface area contributed by atoms with E-state index in [1.165, 1.54) is 0 Å². The van der Waals surface area contributed by atoms with Gasteiger partial charge in [-0.2, -0.15) is 30.6 Å². The van der Waals surface area contributed by atoms with Gasteiger partial charge in [-0.05, 0) is 43.2 Å². The summed E-state index contributed by atoms with van der Waals surface area (Å²) in [6.45, 7) is 0.442. The van der Waals surface area contributed by atoms with Gasteiger partial charge in [0.15, 0.2) is 0 Å². The number of hydrogen-bond acceptors (Lipinski definition) is 5. The van der Waals surface area contributed by atoms with E-state index in [2.05, 4.69) is 0 Å². The van der Waals surface area contributed by atoms with Crippen LogP contribution in [0.4, 0.5) is 32.0 Å². The molecule has 0 saturated carbocycles. The lowest BCUT2D eigenvalue weighted by atomic mass is 10.1. The van der Waals surface area contributed by atoms with E-state index in [0.29, 0.717) is 18.9 Å². The van der Waals surface area contributed by atoms with Gasteiger partial charge in [-0.1, -0.05) is 0 Å². The molecule has 0 spiro atoms. The second-order valence-corrected chi connectivity index (χ2v) is 8.78. The van der Waals surface area contributed by atoms with Crippen LogP contribution in [0.15, 0.2) is 41.3 Å². The molecule has 2 aromatic rings. The van der Waals surface area contributed by atoms with Crippen LogP contribution >= 0.6 is 0 Å². The molecule has 7 nitrogen and oxygen atoms in total. The Kier molecular flexibility index (Phi) is 6.12. The Hall–Kier alpha value is -2.87. The monoisotopic (exact) mass is 484 g/mol. The zero-order chi connectivity index (χ0) is 23.9. The number of alkyl halides is 6. The number of rotatable bonds is 5. The van der Waals surface area contributed by atoms with E-state index in [0.717, 1.165) is 16.4 Å². The van der Waals surface area contributed by atoms with Gasteiger partial charge in [0.05, 0.1) is 20.9 Å². The summed E-state index contributed by atoms with van der Waals surface area (Å²) in [5.74, 6) is -1.67. The van der Waals surface area contributed by atoms with Crippen molar-refractivity contribution in [3.63, 3.8) is 0 Å². The summed E-state index contributed by atoms with van der Waals surface area (Å²) < 4.78 is 109. The Labute approximate surface area is 177 Å². The molecule has 0 amide bonds. The van der Waals surface area contributed by atoms with Crippen LogP contribution in [0.25, 0.3) is 0 Å². The van der Waals surface area contributed by atoms with Gasteiger partial charge in [0.25, 0.3) is 0 Å². The van der Waals surface area contributed by atoms with Crippen LogP contribution in [0.1, 0.15) is 24.0 Å². The van der Waals surface area contributed by atoms with Crippen LogP contribution in [0.2, 0.25) is 0 Å². The number of hydrogen-bond donors (Lipinski definition) is 0. The van der Waals surface area contributed by atoms with E-state index < -0.39 is 60.5 Å². The molecule has 0 N–H and O–H groups in total. The van der Waals surface area contributed by atoms with Crippen molar-refractivity contribution in [2.75, 3.05) is 13.1 Å². The molecule has 1 aliphatic rings. The predicted octanol–water partition coefficient (Wildman–Crippen LogP) is 5.21. The molecule has 32 heavy (non-hydrogen) atoms. The second-order valence-electron chi connectivity index (χ2n) is 6.84. The summed E-state index contributed by atoms with van der Waals surface area (Å²) >= 11 is 0. The van der Waals surface area contributed by atoms with Crippen molar-refractivity contribution in [1.82, 2.24) is 4.31 Å². The minimum Gasteiger partial charge on any atom is -0.450 e. The van der Waals surface area contributed by atoms with Crippen molar-refractivity contribution < 1.29 is 44.4 Å². The van der Waals surface area contributed by atoms with Crippen LogP contribution in [0, 0.1) is 10.1 Å². The van der Waals surface area contributed by atoms with Gasteiger partial charge in [0.2, 0.25) is 15.8 Å². The smallest absolute Gasteiger partial charge is 0.416 e. The third-order valence-corrected chi connectivity index (χ3v) is 6.51. The molecule has 0 aromatic heterocycles. The fourth-order valence-corrected chi connectivity index (χ4v) is 4.61. The standard InChI is InChI=1S/C18H14F6N2O5S/c19-17(20,21)11-7-12(18(22,23)24)9-13(8-11)31-16-4-3-14(10-15(16)26(27)28)32(29,30)25-5-1-2-6-25/h3-4,7-10H,1-2,5-6H2. The first kappa shape index (κ1) is 23.8. The maximum Gasteiger partial charge on any atom is 0.416 e. The molecule has 1 heterocycles. The van der Waals surface area contributed by atoms with Gasteiger partial charge in [-0.25, -0.2) is 8.42 Å². The molecule has 1 fully saturated rings. The zero-order valence-corrected chi connectivity index (χ0v) is 16.7. The van der Waals surface area contributed by atoms with Gasteiger partial charge in [0.1, 0.15) is 5.75 Å². The number of benzene rings is 2. The Morgan fingerprint density at radius 3 is 1.91 bits per heavy atom. The van der Waals surface area contributed by atoms with Crippen LogP contribution in [0.3, 0.4) is 0 Å². The molecule has 2 aromatic carbocycles. The van der Waals surface area contributed by atoms with Crippen molar-refractivity contribution in [2.24, 2.45) is 0 Å². The highest BCUT2D eigenvalue weighted by molar-refractivity contribution is 7.89. The van der Waals surface area contributed by atoms with Crippen molar-refractivity contribution in [3.05, 3.63) is 57.6 Å². The van der Waals surface area contributed by atoms with Crippen LogP contribution in [-0.2, 0) is 22.4 Å². The SMILES string of the molecule is O=[N+]([O-])c1cc(S(=O)(=O)N2CCCC2)ccc1Oc1cc(C(F)(F)F)cc(C(F)(F)F)c1. The molecule has 1 aliphatic heterocycles. The summed E-state index contributed by atoms with van der Waals surface area (Å²) in [6.07, 6.45) is -9.06. The third kappa shape index (κ3) is 4.96. The van der Waals surface area contributed by atoms with Crippen LogP contribution in [-0.4, -0.2) is 30.7 Å². The Bertz CT molecular complexity index is 1110. The highest BCUT2D eigenvalue weighted by Crippen LogP contribution is 2.41. The van der Waals surface area contributed by atoms with Crippen molar-refractivity contribution >= 4 is 15.7 Å². The molecular formula is C18H14F6N2O5S. The largest absolute Gasteiger partial charge is 0.450 e. The van der Waals surface area contributed by atoms with E-state index in [-0.39, 0.29) is 31.3 Å². The second kappa shape index (κ2) is 8.24. The molecule has 0 radical (unpaired) electrons. The van der Waals surface area contributed by atoms with Gasteiger partial charge in [-0.15, -0.1) is 0 Å². The summed E-state index contributed by atoms with van der Waals surface area (Å²) in [4.78, 5) is 9.93. The fourth-order valence-electron chi connectivity index (χ4n) is 3.08. The topological polar surface area (TPSA) is 89.8 Å². The minimum atomic E-state index is -5.14. The highest BCUT2D eigenvalue weighted by atomic mass is 32.2. The van der Waals surface area contributed by atoms with E-state index >= 15 is 0 Å². The lowest BCUT2D eigenvalue weighted by molar-refractivity contribution is -0.385. The van der Waals surface area contributed by atoms with E-state index in [1.54, 1.807) is 0 Å². The minimum absolute atomic E-state index is 0.118. The lowest BCUT2D eigenvalue weighted by Crippen LogP contribution is -2.27. The first-order chi connectivity index (χ1) is 14.7. The molecule has 14 heteroatoms. The first-order valence-electron chi connectivity index (χ1n) is 8.95. The molecule has 1 saturated heterocycles. The Morgan fingerprint density at radius 1 is 0.906 bits per heavy atom. The Balaban J connectivity index is 2.05. The quantitative estimate of drug-likeness (QED) is 0.330.